The molecule has 0 aromatic heterocycles. The lowest BCUT2D eigenvalue weighted by Crippen LogP contribution is -2.58. The molecule has 17 nitrogen and oxygen atoms in total. The Bertz CT molecular complexity index is 1130. The smallest absolute Gasteiger partial charge is 0.475 e. The highest BCUT2D eigenvalue weighted by Crippen LogP contribution is 2.13. The van der Waals surface area contributed by atoms with Gasteiger partial charge in [-0.3, -0.25) is 28.8 Å². The van der Waals surface area contributed by atoms with Crippen molar-refractivity contribution in [2.45, 2.75) is 110 Å². The Morgan fingerprint density at radius 2 is 1.30 bits per heavy atom. The van der Waals surface area contributed by atoms with Crippen molar-refractivity contribution in [2.75, 3.05) is 19.7 Å². The predicted molar refractivity (Wildman–Crippen MR) is 175 cm³/mol. The minimum atomic E-state index is -5.08. The molecule has 0 radical (unpaired) electrons. The fourth-order valence-electron chi connectivity index (χ4n) is 4.12. The molecule has 13 N–H and O–H groups in total. The summed E-state index contributed by atoms with van der Waals surface area (Å²) in [6.07, 6.45) is -2.92. The molecular weight excluding hydrogens is 673 g/mol. The van der Waals surface area contributed by atoms with Crippen LogP contribution in [-0.2, 0) is 33.6 Å². The molecule has 0 spiro atoms. The Morgan fingerprint density at radius 3 is 1.72 bits per heavy atom. The van der Waals surface area contributed by atoms with E-state index in [0.29, 0.717) is 25.8 Å². The number of amides is 6. The third-order valence-corrected chi connectivity index (χ3v) is 7.20. The number of halogens is 3. The second kappa shape index (κ2) is 24.2. The lowest BCUT2D eigenvalue weighted by molar-refractivity contribution is -0.192. The first-order valence-electron chi connectivity index (χ1n) is 16.2. The summed E-state index contributed by atoms with van der Waals surface area (Å²) in [7, 11) is 0. The summed E-state index contributed by atoms with van der Waals surface area (Å²) in [4.78, 5) is 84.9. The van der Waals surface area contributed by atoms with Gasteiger partial charge in [0.25, 0.3) is 0 Å². The largest absolute Gasteiger partial charge is 0.490 e. The molecule has 0 aliphatic heterocycles. The van der Waals surface area contributed by atoms with Gasteiger partial charge in [0.15, 0.2) is 0 Å². The van der Waals surface area contributed by atoms with Crippen LogP contribution in [0, 0.1) is 17.8 Å². The number of carbonyl (C=O) groups is 7. The zero-order valence-corrected chi connectivity index (χ0v) is 29.4. The number of primary amides is 1. The zero-order chi connectivity index (χ0) is 39.4. The van der Waals surface area contributed by atoms with Crippen LogP contribution in [0.1, 0.15) is 73.6 Å². The van der Waals surface area contributed by atoms with Crippen LogP contribution in [0.3, 0.4) is 0 Å². The molecule has 0 saturated carbocycles. The second-order valence-electron chi connectivity index (χ2n) is 12.4. The third kappa shape index (κ3) is 19.8. The molecule has 20 heteroatoms. The standard InChI is InChI=1S/C28H54N8O7.C2HF3O2/c1-7-17(6)23(36-27(42)20(12-15(2)3)34-25(40)18(30)14-37)28(43)32-13-21(38)33-19(10-8-9-11-29)26(41)35-22(16(4)5)24(31)39;3-2(4,5)1(6)7/h15-20,22-23,37H,7-14,29-30H2,1-6H3,(H2,31,39)(H,32,43)(H,33,38)(H,34,40)(H,35,41)(H,36,42);(H,6,7)/t17-,18-,19-,20-,22-,23+;/m0./s1. The van der Waals surface area contributed by atoms with Crippen molar-refractivity contribution in [3.8, 4) is 0 Å². The summed E-state index contributed by atoms with van der Waals surface area (Å²) in [6.45, 7) is 10.1. The number of carbonyl (C=O) groups excluding carboxylic acids is 6. The van der Waals surface area contributed by atoms with Gasteiger partial charge in [-0.25, -0.2) is 4.79 Å². The van der Waals surface area contributed by atoms with Crippen molar-refractivity contribution >= 4 is 41.4 Å². The third-order valence-electron chi connectivity index (χ3n) is 7.20. The highest BCUT2D eigenvalue weighted by atomic mass is 19.4. The van der Waals surface area contributed by atoms with Crippen LogP contribution in [0.25, 0.3) is 0 Å². The number of rotatable bonds is 21. The minimum absolute atomic E-state index is 0.00904. The summed E-state index contributed by atoms with van der Waals surface area (Å²) in [5, 5.41) is 29.2. The molecule has 0 aromatic rings. The quantitative estimate of drug-likeness (QED) is 0.0598. The molecule has 0 aliphatic carbocycles. The Morgan fingerprint density at radius 1 is 0.780 bits per heavy atom. The molecule has 50 heavy (non-hydrogen) atoms. The number of nitrogens with one attached hydrogen (secondary N) is 5. The van der Waals surface area contributed by atoms with E-state index in [1.165, 1.54) is 0 Å². The summed E-state index contributed by atoms with van der Waals surface area (Å²) in [5.74, 6) is -7.23. The molecule has 6 amide bonds. The van der Waals surface area contributed by atoms with E-state index in [-0.39, 0.29) is 30.6 Å². The first-order valence-corrected chi connectivity index (χ1v) is 16.2. The van der Waals surface area contributed by atoms with Crippen molar-refractivity contribution in [3.63, 3.8) is 0 Å². The molecule has 6 atom stereocenters. The maximum absolute atomic E-state index is 13.2. The number of nitrogens with two attached hydrogens (primary N) is 3. The van der Waals surface area contributed by atoms with Crippen LogP contribution in [0.5, 0.6) is 0 Å². The molecule has 0 aromatic carbocycles. The number of carboxylic acids is 1. The molecule has 0 bridgehead atoms. The summed E-state index contributed by atoms with van der Waals surface area (Å²) < 4.78 is 31.7. The Labute approximate surface area is 289 Å². The van der Waals surface area contributed by atoms with Crippen LogP contribution in [0.15, 0.2) is 0 Å². The van der Waals surface area contributed by atoms with E-state index >= 15 is 0 Å². The van der Waals surface area contributed by atoms with Crippen LogP contribution < -0.4 is 43.8 Å². The van der Waals surface area contributed by atoms with E-state index in [9.17, 15) is 41.9 Å². The van der Waals surface area contributed by atoms with Crippen LogP contribution in [0.4, 0.5) is 13.2 Å². The number of aliphatic carboxylic acids is 1. The topological polar surface area (TPSA) is 298 Å². The molecule has 0 aliphatic rings. The summed E-state index contributed by atoms with van der Waals surface area (Å²) in [5.41, 5.74) is 16.5. The van der Waals surface area contributed by atoms with E-state index in [0.717, 1.165) is 0 Å². The van der Waals surface area contributed by atoms with Gasteiger partial charge in [0.1, 0.15) is 30.2 Å². The first kappa shape index (κ1) is 48.1. The van der Waals surface area contributed by atoms with Gasteiger partial charge in [0.05, 0.1) is 13.2 Å². The number of unbranched alkanes of at least 4 members (excludes halogenated alkanes) is 1. The Balaban J connectivity index is 0. The van der Waals surface area contributed by atoms with Crippen molar-refractivity contribution in [1.29, 1.82) is 0 Å². The first-order chi connectivity index (χ1) is 23.0. The Kier molecular flexibility index (Phi) is 23.2. The lowest BCUT2D eigenvalue weighted by Gasteiger charge is -2.27. The highest BCUT2D eigenvalue weighted by Gasteiger charge is 2.38. The number of hydrogen-bond donors (Lipinski definition) is 10. The number of aliphatic hydroxyl groups is 1. The zero-order valence-electron chi connectivity index (χ0n) is 29.4. The molecular formula is C30H55F3N8O9. The van der Waals surface area contributed by atoms with Gasteiger partial charge >= 0.3 is 12.1 Å². The average Bonchev–Trinajstić information content (AvgIpc) is 3.02. The van der Waals surface area contributed by atoms with Gasteiger partial charge < -0.3 is 54.0 Å². The van der Waals surface area contributed by atoms with E-state index in [2.05, 4.69) is 26.6 Å². The van der Waals surface area contributed by atoms with Gasteiger partial charge in [-0.05, 0) is 50.0 Å². The summed E-state index contributed by atoms with van der Waals surface area (Å²) >= 11 is 0. The number of carboxylic acid groups (broad SMARTS) is 1. The summed E-state index contributed by atoms with van der Waals surface area (Å²) in [6, 6.07) is -5.16. The van der Waals surface area contributed by atoms with Gasteiger partial charge in [-0.1, -0.05) is 48.0 Å². The number of aliphatic hydroxyl groups excluding tert-OH is 1. The van der Waals surface area contributed by atoms with Gasteiger partial charge in [-0.15, -0.1) is 0 Å². The van der Waals surface area contributed by atoms with Gasteiger partial charge in [0, 0.05) is 0 Å². The van der Waals surface area contributed by atoms with E-state index < -0.39 is 90.9 Å². The van der Waals surface area contributed by atoms with E-state index in [1.54, 1.807) is 20.8 Å². The van der Waals surface area contributed by atoms with E-state index in [4.69, 9.17) is 32.2 Å². The highest BCUT2D eigenvalue weighted by molar-refractivity contribution is 5.95. The van der Waals surface area contributed by atoms with E-state index in [1.807, 2.05) is 20.8 Å². The second-order valence-corrected chi connectivity index (χ2v) is 12.4. The number of alkyl halides is 3. The van der Waals surface area contributed by atoms with Gasteiger partial charge in [-0.2, -0.15) is 13.2 Å². The fraction of sp³-hybridized carbons (Fsp3) is 0.767. The van der Waals surface area contributed by atoms with Crippen LogP contribution in [-0.4, -0.2) is 108 Å². The van der Waals surface area contributed by atoms with Crippen molar-refractivity contribution in [3.05, 3.63) is 0 Å². The normalized spacial score (nSPS) is 14.8. The molecule has 0 unspecified atom stereocenters. The maximum atomic E-state index is 13.2. The predicted octanol–water partition coefficient (Wildman–Crippen LogP) is -1.64. The number of hydrogen-bond acceptors (Lipinski definition) is 10. The Hall–Kier alpha value is -4.04. The molecule has 0 fully saturated rings. The minimum Gasteiger partial charge on any atom is -0.475 e. The lowest BCUT2D eigenvalue weighted by atomic mass is 9.96. The SMILES string of the molecule is CC[C@H](C)[C@@H](NC(=O)[C@H](CC(C)C)NC(=O)[C@@H](N)CO)C(=O)NCC(=O)N[C@@H](CCCCN)C(=O)N[C@H](C(N)=O)C(C)C.O=C(O)C(F)(F)F. The fourth-order valence-corrected chi connectivity index (χ4v) is 4.12. The average molecular weight is 729 g/mol. The van der Waals surface area contributed by atoms with Gasteiger partial charge in [0.2, 0.25) is 35.4 Å². The maximum Gasteiger partial charge on any atom is 0.490 e. The van der Waals surface area contributed by atoms with Crippen LogP contribution >= 0.6 is 0 Å². The molecule has 0 heterocycles. The molecule has 0 rings (SSSR count). The van der Waals surface area contributed by atoms with Crippen LogP contribution in [0.2, 0.25) is 0 Å². The monoisotopic (exact) mass is 728 g/mol. The van der Waals surface area contributed by atoms with Crippen molar-refractivity contribution in [2.24, 2.45) is 35.0 Å². The van der Waals surface area contributed by atoms with Crippen molar-refractivity contribution in [1.82, 2.24) is 26.6 Å². The molecule has 290 valence electrons. The molecule has 0 saturated heterocycles. The van der Waals surface area contributed by atoms with Crippen molar-refractivity contribution < 1.29 is 56.9 Å².